The zero-order valence-corrected chi connectivity index (χ0v) is 8.97. The highest BCUT2D eigenvalue weighted by Crippen LogP contribution is 2.19. The number of rotatable bonds is 3. The number of aryl methyl sites for hydroxylation is 2. The van der Waals surface area contributed by atoms with E-state index < -0.39 is 5.97 Å². The second-order valence-electron chi connectivity index (χ2n) is 4.14. The number of aromatic nitrogens is 2. The fourth-order valence-corrected chi connectivity index (χ4v) is 1.90. The Labute approximate surface area is 88.3 Å². The van der Waals surface area contributed by atoms with Crippen molar-refractivity contribution >= 4 is 5.97 Å². The molecule has 82 valence electrons. The van der Waals surface area contributed by atoms with Crippen molar-refractivity contribution in [2.45, 2.75) is 13.5 Å². The van der Waals surface area contributed by atoms with Gasteiger partial charge in [-0.05, 0) is 6.92 Å². The third-order valence-corrected chi connectivity index (χ3v) is 2.82. The van der Waals surface area contributed by atoms with E-state index in [0.29, 0.717) is 13.1 Å². The number of likely N-dealkylation sites (tertiary alicyclic amines) is 1. The molecule has 0 atom stereocenters. The Balaban J connectivity index is 1.90. The van der Waals surface area contributed by atoms with Gasteiger partial charge in [0.15, 0.2) is 0 Å². The van der Waals surface area contributed by atoms with E-state index in [2.05, 4.69) is 10.00 Å². The number of carboxylic acids is 1. The van der Waals surface area contributed by atoms with Crippen LogP contribution in [0, 0.1) is 12.8 Å². The summed E-state index contributed by atoms with van der Waals surface area (Å²) in [4.78, 5) is 12.7. The van der Waals surface area contributed by atoms with Crippen LogP contribution in [0.5, 0.6) is 0 Å². The second kappa shape index (κ2) is 3.66. The van der Waals surface area contributed by atoms with Crippen LogP contribution in [0.25, 0.3) is 0 Å². The predicted molar refractivity (Wildman–Crippen MR) is 54.3 cm³/mol. The maximum absolute atomic E-state index is 10.6. The first-order valence-corrected chi connectivity index (χ1v) is 5.00. The van der Waals surface area contributed by atoms with Gasteiger partial charge in [0.25, 0.3) is 0 Å². The van der Waals surface area contributed by atoms with Crippen molar-refractivity contribution in [3.63, 3.8) is 0 Å². The summed E-state index contributed by atoms with van der Waals surface area (Å²) in [5, 5.41) is 13.0. The summed E-state index contributed by atoms with van der Waals surface area (Å²) in [6.07, 6.45) is 1.99. The molecule has 1 N–H and O–H groups in total. The van der Waals surface area contributed by atoms with Crippen LogP contribution in [0.15, 0.2) is 6.20 Å². The monoisotopic (exact) mass is 209 g/mol. The molecule has 1 fully saturated rings. The summed E-state index contributed by atoms with van der Waals surface area (Å²) in [6, 6.07) is 0. The van der Waals surface area contributed by atoms with Gasteiger partial charge in [-0.25, -0.2) is 0 Å². The Morgan fingerprint density at radius 2 is 2.33 bits per heavy atom. The molecule has 1 aliphatic heterocycles. The molecule has 1 aliphatic rings. The number of carboxylic acid groups (broad SMARTS) is 1. The standard InChI is InChI=1S/C10H15N3O2/c1-7-8(3-12(2)11-7)4-13-5-9(6-13)10(14)15/h3,9H,4-6H2,1-2H3,(H,14,15). The highest BCUT2D eigenvalue weighted by atomic mass is 16.4. The van der Waals surface area contributed by atoms with Crippen molar-refractivity contribution in [2.75, 3.05) is 13.1 Å². The van der Waals surface area contributed by atoms with Crippen molar-refractivity contribution in [3.05, 3.63) is 17.5 Å². The van der Waals surface area contributed by atoms with Crippen LogP contribution in [-0.4, -0.2) is 38.8 Å². The molecule has 5 heteroatoms. The summed E-state index contributed by atoms with van der Waals surface area (Å²) >= 11 is 0. The van der Waals surface area contributed by atoms with Crippen molar-refractivity contribution in [1.29, 1.82) is 0 Å². The maximum Gasteiger partial charge on any atom is 0.309 e. The molecule has 0 unspecified atom stereocenters. The number of carbonyl (C=O) groups is 1. The lowest BCUT2D eigenvalue weighted by Crippen LogP contribution is -2.49. The molecule has 0 radical (unpaired) electrons. The van der Waals surface area contributed by atoms with Gasteiger partial charge >= 0.3 is 5.97 Å². The first-order valence-electron chi connectivity index (χ1n) is 5.00. The Kier molecular flexibility index (Phi) is 2.48. The molecule has 1 aromatic rings. The lowest BCUT2D eigenvalue weighted by Gasteiger charge is -2.36. The van der Waals surface area contributed by atoms with Gasteiger partial charge in [0.2, 0.25) is 0 Å². The van der Waals surface area contributed by atoms with E-state index in [1.807, 2.05) is 20.2 Å². The van der Waals surface area contributed by atoms with E-state index in [1.165, 1.54) is 5.56 Å². The van der Waals surface area contributed by atoms with Crippen LogP contribution in [0.4, 0.5) is 0 Å². The third-order valence-electron chi connectivity index (χ3n) is 2.82. The van der Waals surface area contributed by atoms with Gasteiger partial charge in [-0.2, -0.15) is 5.10 Å². The van der Waals surface area contributed by atoms with Crippen molar-refractivity contribution in [2.24, 2.45) is 13.0 Å². The molecular weight excluding hydrogens is 194 g/mol. The quantitative estimate of drug-likeness (QED) is 0.775. The third kappa shape index (κ3) is 2.02. The Morgan fingerprint density at radius 3 is 2.80 bits per heavy atom. The fraction of sp³-hybridized carbons (Fsp3) is 0.600. The Morgan fingerprint density at radius 1 is 1.67 bits per heavy atom. The number of nitrogens with zero attached hydrogens (tertiary/aromatic N) is 3. The molecule has 0 spiro atoms. The van der Waals surface area contributed by atoms with Crippen LogP contribution in [0.2, 0.25) is 0 Å². The van der Waals surface area contributed by atoms with Crippen LogP contribution in [0.3, 0.4) is 0 Å². The van der Waals surface area contributed by atoms with Gasteiger partial charge in [0, 0.05) is 38.4 Å². The summed E-state index contributed by atoms with van der Waals surface area (Å²) in [6.45, 7) is 4.10. The highest BCUT2D eigenvalue weighted by molar-refractivity contribution is 5.71. The first-order chi connectivity index (χ1) is 7.06. The van der Waals surface area contributed by atoms with Crippen molar-refractivity contribution in [1.82, 2.24) is 14.7 Å². The zero-order chi connectivity index (χ0) is 11.0. The molecule has 2 rings (SSSR count). The van der Waals surface area contributed by atoms with E-state index in [4.69, 9.17) is 5.11 Å². The Hall–Kier alpha value is -1.36. The smallest absolute Gasteiger partial charge is 0.309 e. The van der Waals surface area contributed by atoms with E-state index >= 15 is 0 Å². The average Bonchev–Trinajstić information content (AvgIpc) is 2.36. The van der Waals surface area contributed by atoms with Crippen molar-refractivity contribution < 1.29 is 9.90 Å². The first kappa shape index (κ1) is 10.2. The molecule has 1 saturated heterocycles. The molecule has 15 heavy (non-hydrogen) atoms. The van der Waals surface area contributed by atoms with Crippen LogP contribution in [-0.2, 0) is 18.4 Å². The Bertz CT molecular complexity index is 380. The van der Waals surface area contributed by atoms with E-state index in [9.17, 15) is 4.79 Å². The van der Waals surface area contributed by atoms with Gasteiger partial charge < -0.3 is 5.11 Å². The molecule has 0 bridgehead atoms. The SMILES string of the molecule is Cc1nn(C)cc1CN1CC(C(=O)O)C1. The number of hydrogen-bond donors (Lipinski definition) is 1. The summed E-state index contributed by atoms with van der Waals surface area (Å²) in [7, 11) is 1.90. The minimum Gasteiger partial charge on any atom is -0.481 e. The molecule has 0 saturated carbocycles. The number of hydrogen-bond acceptors (Lipinski definition) is 3. The molecule has 1 aromatic heterocycles. The summed E-state index contributed by atoms with van der Waals surface area (Å²) in [5.74, 6) is -0.865. The minimum absolute atomic E-state index is 0.179. The lowest BCUT2D eigenvalue weighted by molar-refractivity contribution is -0.147. The minimum atomic E-state index is -0.686. The molecular formula is C10H15N3O2. The van der Waals surface area contributed by atoms with Crippen LogP contribution >= 0.6 is 0 Å². The largest absolute Gasteiger partial charge is 0.481 e. The average molecular weight is 209 g/mol. The molecule has 0 amide bonds. The predicted octanol–water partition coefficient (Wildman–Crippen LogP) is 0.245. The van der Waals surface area contributed by atoms with E-state index in [1.54, 1.807) is 4.68 Å². The van der Waals surface area contributed by atoms with Gasteiger partial charge in [-0.3, -0.25) is 14.4 Å². The summed E-state index contributed by atoms with van der Waals surface area (Å²) < 4.78 is 1.79. The maximum atomic E-state index is 10.6. The molecule has 2 heterocycles. The number of aliphatic carboxylic acids is 1. The normalized spacial score (nSPS) is 17.7. The second-order valence-corrected chi connectivity index (χ2v) is 4.14. The van der Waals surface area contributed by atoms with Crippen molar-refractivity contribution in [3.8, 4) is 0 Å². The molecule has 0 aliphatic carbocycles. The van der Waals surface area contributed by atoms with Gasteiger partial charge in [-0.1, -0.05) is 0 Å². The van der Waals surface area contributed by atoms with Gasteiger partial charge in [-0.15, -0.1) is 0 Å². The van der Waals surface area contributed by atoms with E-state index in [0.717, 1.165) is 12.2 Å². The molecule has 0 aromatic carbocycles. The summed E-state index contributed by atoms with van der Waals surface area (Å²) in [5.41, 5.74) is 2.21. The van der Waals surface area contributed by atoms with E-state index in [-0.39, 0.29) is 5.92 Å². The lowest BCUT2D eigenvalue weighted by atomic mass is 10.00. The highest BCUT2D eigenvalue weighted by Gasteiger charge is 2.32. The van der Waals surface area contributed by atoms with Crippen LogP contribution < -0.4 is 0 Å². The van der Waals surface area contributed by atoms with Crippen LogP contribution in [0.1, 0.15) is 11.3 Å². The van der Waals surface area contributed by atoms with Gasteiger partial charge in [0.05, 0.1) is 11.6 Å². The fourth-order valence-electron chi connectivity index (χ4n) is 1.90. The zero-order valence-electron chi connectivity index (χ0n) is 8.97. The molecule has 5 nitrogen and oxygen atoms in total. The van der Waals surface area contributed by atoms with Gasteiger partial charge in [0.1, 0.15) is 0 Å². The topological polar surface area (TPSA) is 58.4 Å².